The Hall–Kier alpha value is -0.380. The van der Waals surface area contributed by atoms with Crippen LogP contribution in [0, 0.1) is 0 Å². The van der Waals surface area contributed by atoms with Crippen molar-refractivity contribution in [3.8, 4) is 0 Å². The molecule has 17 heavy (non-hydrogen) atoms. The number of hydrogen-bond acceptors (Lipinski definition) is 3. The highest BCUT2D eigenvalue weighted by atomic mass is 32.1. The minimum Gasteiger partial charge on any atom is -0.380 e. The van der Waals surface area contributed by atoms with Crippen molar-refractivity contribution in [2.45, 2.75) is 45.6 Å². The third-order valence-corrected chi connectivity index (χ3v) is 4.40. The quantitative estimate of drug-likeness (QED) is 0.719. The summed E-state index contributed by atoms with van der Waals surface area (Å²) in [4.78, 5) is 3.12. The molecule has 0 aliphatic heterocycles. The summed E-state index contributed by atoms with van der Waals surface area (Å²) < 4.78 is 5.51. The molecule has 96 valence electrons. The molecular formula is C14H23NOS. The van der Waals surface area contributed by atoms with Crippen LogP contribution in [0.15, 0.2) is 6.07 Å². The fourth-order valence-corrected chi connectivity index (χ4v) is 3.41. The van der Waals surface area contributed by atoms with Crippen LogP contribution >= 0.6 is 11.3 Å². The van der Waals surface area contributed by atoms with Crippen LogP contribution in [0.3, 0.4) is 0 Å². The molecule has 0 saturated carbocycles. The van der Waals surface area contributed by atoms with E-state index in [0.29, 0.717) is 0 Å². The van der Waals surface area contributed by atoms with E-state index in [1.54, 1.807) is 10.4 Å². The third kappa shape index (κ3) is 4.09. The van der Waals surface area contributed by atoms with Gasteiger partial charge in [0, 0.05) is 29.5 Å². The molecule has 0 saturated heterocycles. The largest absolute Gasteiger partial charge is 0.380 e. The summed E-state index contributed by atoms with van der Waals surface area (Å²) in [5, 5.41) is 3.45. The van der Waals surface area contributed by atoms with Gasteiger partial charge >= 0.3 is 0 Å². The summed E-state index contributed by atoms with van der Waals surface area (Å²) in [5.41, 5.74) is 1.60. The monoisotopic (exact) mass is 253 g/mol. The van der Waals surface area contributed by atoms with Gasteiger partial charge in [0.25, 0.3) is 0 Å². The number of rotatable bonds is 8. The van der Waals surface area contributed by atoms with Gasteiger partial charge in [-0.15, -0.1) is 11.3 Å². The first-order valence-corrected chi connectivity index (χ1v) is 7.60. The zero-order valence-corrected chi connectivity index (χ0v) is 11.6. The average Bonchev–Trinajstić information content (AvgIpc) is 2.88. The van der Waals surface area contributed by atoms with E-state index in [0.717, 1.165) is 26.3 Å². The van der Waals surface area contributed by atoms with Gasteiger partial charge in [-0.2, -0.15) is 0 Å². The fraction of sp³-hybridized carbons (Fsp3) is 0.714. The Morgan fingerprint density at radius 3 is 3.12 bits per heavy atom. The highest BCUT2D eigenvalue weighted by molar-refractivity contribution is 7.12. The molecule has 2 nitrogen and oxygen atoms in total. The summed E-state index contributed by atoms with van der Waals surface area (Å²) in [5.74, 6) is 0. The number of fused-ring (bicyclic) bond motifs is 1. The smallest absolute Gasteiger partial charge is 0.0591 e. The van der Waals surface area contributed by atoms with E-state index in [2.05, 4.69) is 18.3 Å². The molecular weight excluding hydrogens is 230 g/mol. The van der Waals surface area contributed by atoms with Gasteiger partial charge in [-0.3, -0.25) is 0 Å². The number of nitrogens with one attached hydrogen (secondary N) is 1. The minimum absolute atomic E-state index is 0.838. The summed E-state index contributed by atoms with van der Waals surface area (Å²) in [6.07, 6.45) is 6.36. The van der Waals surface area contributed by atoms with E-state index in [4.69, 9.17) is 4.74 Å². The highest BCUT2D eigenvalue weighted by Gasteiger charge is 2.14. The Morgan fingerprint density at radius 1 is 1.35 bits per heavy atom. The van der Waals surface area contributed by atoms with Crippen LogP contribution in [0.2, 0.25) is 0 Å². The summed E-state index contributed by atoms with van der Waals surface area (Å²) in [6, 6.07) is 2.39. The Labute approximate surface area is 108 Å². The summed E-state index contributed by atoms with van der Waals surface area (Å²) >= 11 is 1.99. The molecule has 1 aromatic rings. The molecule has 3 heteroatoms. The predicted octanol–water partition coefficient (Wildman–Crippen LogP) is 3.14. The Morgan fingerprint density at radius 2 is 2.29 bits per heavy atom. The van der Waals surface area contributed by atoms with Crippen molar-refractivity contribution in [3.05, 3.63) is 21.4 Å². The zero-order chi connectivity index (χ0) is 11.9. The van der Waals surface area contributed by atoms with E-state index in [9.17, 15) is 0 Å². The molecule has 1 aliphatic rings. The van der Waals surface area contributed by atoms with Gasteiger partial charge < -0.3 is 10.1 Å². The normalized spacial score (nSPS) is 14.2. The first kappa shape index (κ1) is 13.1. The van der Waals surface area contributed by atoms with Gasteiger partial charge in [0.2, 0.25) is 0 Å². The van der Waals surface area contributed by atoms with Crippen molar-refractivity contribution in [3.63, 3.8) is 0 Å². The molecule has 0 bridgehead atoms. The molecule has 2 rings (SSSR count). The van der Waals surface area contributed by atoms with Crippen molar-refractivity contribution in [2.24, 2.45) is 0 Å². The van der Waals surface area contributed by atoms with Crippen LogP contribution in [0.5, 0.6) is 0 Å². The van der Waals surface area contributed by atoms with Crippen molar-refractivity contribution in [1.29, 1.82) is 0 Å². The van der Waals surface area contributed by atoms with Crippen LogP contribution in [0.25, 0.3) is 0 Å². The highest BCUT2D eigenvalue weighted by Crippen LogP contribution is 2.30. The summed E-state index contributed by atoms with van der Waals surface area (Å²) in [6.45, 7) is 5.91. The molecule has 0 fully saturated rings. The third-order valence-electron chi connectivity index (χ3n) is 3.16. The van der Waals surface area contributed by atoms with Crippen LogP contribution < -0.4 is 5.32 Å². The fourth-order valence-electron chi connectivity index (χ4n) is 2.18. The molecule has 1 aromatic heterocycles. The van der Waals surface area contributed by atoms with Crippen molar-refractivity contribution in [2.75, 3.05) is 19.8 Å². The second-order valence-electron chi connectivity index (χ2n) is 4.66. The molecule has 1 heterocycles. The first-order valence-electron chi connectivity index (χ1n) is 6.79. The van der Waals surface area contributed by atoms with Crippen LogP contribution in [-0.2, 0) is 24.1 Å². The number of unbranched alkanes of at least 4 members (excludes halogenated alkanes) is 1. The standard InChI is InChI=1S/C14H23NOS/c1-2-3-8-16-9-7-15-11-13-10-12-5-4-6-14(12)17-13/h10,15H,2-9,11H2,1H3. The van der Waals surface area contributed by atoms with Gasteiger partial charge in [-0.1, -0.05) is 13.3 Å². The second-order valence-corrected chi connectivity index (χ2v) is 5.88. The van der Waals surface area contributed by atoms with Crippen molar-refractivity contribution in [1.82, 2.24) is 5.32 Å². The maximum absolute atomic E-state index is 5.51. The SMILES string of the molecule is CCCCOCCNCc1cc2c(s1)CCC2. The number of ether oxygens (including phenoxy) is 1. The number of thiophene rings is 1. The molecule has 0 radical (unpaired) electrons. The van der Waals surface area contributed by atoms with Crippen molar-refractivity contribution < 1.29 is 4.74 Å². The Kier molecular flexibility index (Phi) is 5.49. The Balaban J connectivity index is 1.55. The topological polar surface area (TPSA) is 21.3 Å². The lowest BCUT2D eigenvalue weighted by Crippen LogP contribution is -2.18. The lowest BCUT2D eigenvalue weighted by Gasteiger charge is -2.04. The molecule has 0 unspecified atom stereocenters. The van der Waals surface area contributed by atoms with E-state index in [-0.39, 0.29) is 0 Å². The maximum atomic E-state index is 5.51. The Bertz CT molecular complexity index is 313. The van der Waals surface area contributed by atoms with Crippen molar-refractivity contribution >= 4 is 11.3 Å². The van der Waals surface area contributed by atoms with Gasteiger partial charge in [0.1, 0.15) is 0 Å². The van der Waals surface area contributed by atoms with E-state index in [1.807, 2.05) is 11.3 Å². The second kappa shape index (κ2) is 7.14. The average molecular weight is 253 g/mol. The molecule has 0 atom stereocenters. The van der Waals surface area contributed by atoms with E-state index in [1.165, 1.54) is 37.0 Å². The van der Waals surface area contributed by atoms with Gasteiger partial charge in [-0.25, -0.2) is 0 Å². The van der Waals surface area contributed by atoms with Gasteiger partial charge in [0.05, 0.1) is 6.61 Å². The zero-order valence-electron chi connectivity index (χ0n) is 10.8. The molecule has 0 spiro atoms. The van der Waals surface area contributed by atoms with Crippen LogP contribution in [0.1, 0.15) is 41.5 Å². The predicted molar refractivity (Wildman–Crippen MR) is 73.8 cm³/mol. The van der Waals surface area contributed by atoms with Crippen LogP contribution in [0.4, 0.5) is 0 Å². The maximum Gasteiger partial charge on any atom is 0.0591 e. The van der Waals surface area contributed by atoms with Gasteiger partial charge in [0.15, 0.2) is 0 Å². The van der Waals surface area contributed by atoms with Gasteiger partial charge in [-0.05, 0) is 37.3 Å². The molecule has 0 aromatic carbocycles. The lowest BCUT2D eigenvalue weighted by atomic mass is 10.2. The number of aryl methyl sites for hydroxylation is 2. The molecule has 1 N–H and O–H groups in total. The minimum atomic E-state index is 0.838. The molecule has 1 aliphatic carbocycles. The molecule has 0 amide bonds. The van der Waals surface area contributed by atoms with E-state index < -0.39 is 0 Å². The first-order chi connectivity index (χ1) is 8.40. The summed E-state index contributed by atoms with van der Waals surface area (Å²) in [7, 11) is 0. The van der Waals surface area contributed by atoms with Crippen LogP contribution in [-0.4, -0.2) is 19.8 Å². The lowest BCUT2D eigenvalue weighted by molar-refractivity contribution is 0.133. The van der Waals surface area contributed by atoms with E-state index >= 15 is 0 Å². The number of hydrogen-bond donors (Lipinski definition) is 1.